The van der Waals surface area contributed by atoms with E-state index >= 15 is 0 Å². The van der Waals surface area contributed by atoms with Gasteiger partial charge < -0.3 is 14.8 Å². The normalized spacial score (nSPS) is 15.0. The van der Waals surface area contributed by atoms with E-state index in [9.17, 15) is 14.4 Å². The van der Waals surface area contributed by atoms with Crippen molar-refractivity contribution in [2.24, 2.45) is 5.10 Å². The van der Waals surface area contributed by atoms with Crippen molar-refractivity contribution in [1.82, 2.24) is 0 Å². The van der Waals surface area contributed by atoms with Gasteiger partial charge in [0.2, 0.25) is 0 Å². The SMILES string of the molecule is CCOC(=O)C1=NN(c2ccccc2)C(C(=O)Oc2ccc(NC(=O)c3cccs3)cc2)C1. The lowest BCUT2D eigenvalue weighted by Crippen LogP contribution is -2.37. The highest BCUT2D eigenvalue weighted by atomic mass is 32.1. The number of hydrogen-bond donors (Lipinski definition) is 1. The average molecular weight is 464 g/mol. The van der Waals surface area contributed by atoms with Gasteiger partial charge in [-0.1, -0.05) is 24.3 Å². The first kappa shape index (κ1) is 22.2. The van der Waals surface area contributed by atoms with Crippen LogP contribution in [0.1, 0.15) is 23.0 Å². The quantitative estimate of drug-likeness (QED) is 0.419. The summed E-state index contributed by atoms with van der Waals surface area (Å²) in [6, 6.07) is 18.3. The second-order valence-corrected chi connectivity index (χ2v) is 7.99. The second-order valence-electron chi connectivity index (χ2n) is 7.04. The fraction of sp³-hybridized carbons (Fsp3) is 0.167. The van der Waals surface area contributed by atoms with Crippen molar-refractivity contribution >= 4 is 46.3 Å². The van der Waals surface area contributed by atoms with Crippen LogP contribution in [0.3, 0.4) is 0 Å². The van der Waals surface area contributed by atoms with E-state index in [-0.39, 0.29) is 24.6 Å². The van der Waals surface area contributed by atoms with Gasteiger partial charge in [-0.05, 0) is 54.8 Å². The molecule has 3 aromatic rings. The molecule has 9 heteroatoms. The first-order valence-corrected chi connectivity index (χ1v) is 11.2. The number of nitrogens with one attached hydrogen (secondary N) is 1. The van der Waals surface area contributed by atoms with Gasteiger partial charge in [0.05, 0.1) is 17.2 Å². The smallest absolute Gasteiger partial charge is 0.354 e. The standard InChI is InChI=1S/C24H21N3O5S/c1-2-31-23(29)19-15-20(27(26-19)17-7-4-3-5-8-17)24(30)32-18-12-10-16(11-13-18)25-22(28)21-9-6-14-33-21/h3-14,20H,2,15H2,1H3,(H,25,28). The molecular formula is C24H21N3O5S. The maximum Gasteiger partial charge on any atom is 0.354 e. The number of rotatable bonds is 7. The molecule has 0 saturated carbocycles. The fourth-order valence-electron chi connectivity index (χ4n) is 3.24. The Morgan fingerprint density at radius 1 is 1.06 bits per heavy atom. The molecule has 0 aliphatic carbocycles. The molecule has 168 valence electrons. The van der Waals surface area contributed by atoms with Crippen LogP contribution in [0.5, 0.6) is 5.75 Å². The Morgan fingerprint density at radius 2 is 1.82 bits per heavy atom. The van der Waals surface area contributed by atoms with Crippen molar-refractivity contribution in [1.29, 1.82) is 0 Å². The summed E-state index contributed by atoms with van der Waals surface area (Å²) in [5.74, 6) is -1.01. The van der Waals surface area contributed by atoms with Gasteiger partial charge in [-0.15, -0.1) is 11.3 Å². The number of carbonyl (C=O) groups is 3. The van der Waals surface area contributed by atoms with Gasteiger partial charge in [0.15, 0.2) is 6.04 Å². The Hall–Kier alpha value is -3.98. The predicted molar refractivity (Wildman–Crippen MR) is 126 cm³/mol. The van der Waals surface area contributed by atoms with Crippen molar-refractivity contribution in [3.8, 4) is 5.75 Å². The maximum absolute atomic E-state index is 13.0. The van der Waals surface area contributed by atoms with Crippen LogP contribution < -0.4 is 15.1 Å². The molecule has 0 radical (unpaired) electrons. The molecule has 1 aliphatic heterocycles. The van der Waals surface area contributed by atoms with Crippen molar-refractivity contribution in [3.05, 3.63) is 77.0 Å². The molecule has 4 rings (SSSR count). The van der Waals surface area contributed by atoms with Crippen LogP contribution in [0.2, 0.25) is 0 Å². The number of esters is 2. The third kappa shape index (κ3) is 5.27. The van der Waals surface area contributed by atoms with E-state index in [1.54, 1.807) is 55.5 Å². The van der Waals surface area contributed by atoms with Gasteiger partial charge in [-0.3, -0.25) is 9.80 Å². The van der Waals surface area contributed by atoms with Gasteiger partial charge in [-0.2, -0.15) is 5.10 Å². The number of anilines is 2. The Morgan fingerprint density at radius 3 is 2.48 bits per heavy atom. The minimum atomic E-state index is -0.815. The molecule has 0 saturated heterocycles. The van der Waals surface area contributed by atoms with E-state index in [4.69, 9.17) is 9.47 Å². The summed E-state index contributed by atoms with van der Waals surface area (Å²) in [6.45, 7) is 1.92. The average Bonchev–Trinajstić information content (AvgIpc) is 3.52. The number of hydrogen-bond acceptors (Lipinski definition) is 8. The largest absolute Gasteiger partial charge is 0.461 e. The molecule has 0 fully saturated rings. The van der Waals surface area contributed by atoms with Crippen molar-refractivity contribution in [2.45, 2.75) is 19.4 Å². The molecule has 2 heterocycles. The number of amides is 1. The highest BCUT2D eigenvalue weighted by molar-refractivity contribution is 7.12. The van der Waals surface area contributed by atoms with E-state index in [0.717, 1.165) is 0 Å². The topological polar surface area (TPSA) is 97.3 Å². The molecule has 1 amide bonds. The van der Waals surface area contributed by atoms with Crippen LogP contribution in [0.4, 0.5) is 11.4 Å². The molecule has 1 aromatic heterocycles. The third-order valence-electron chi connectivity index (χ3n) is 4.79. The predicted octanol–water partition coefficient (Wildman–Crippen LogP) is 4.10. The first-order valence-electron chi connectivity index (χ1n) is 10.3. The minimum absolute atomic E-state index is 0.0709. The van der Waals surface area contributed by atoms with Crippen molar-refractivity contribution < 1.29 is 23.9 Å². The van der Waals surface area contributed by atoms with Crippen molar-refractivity contribution in [3.63, 3.8) is 0 Å². The zero-order chi connectivity index (χ0) is 23.2. The number of hydrazone groups is 1. The second kappa shape index (κ2) is 10.1. The van der Waals surface area contributed by atoms with Crippen LogP contribution in [0.15, 0.2) is 77.2 Å². The van der Waals surface area contributed by atoms with Gasteiger partial charge in [0, 0.05) is 12.1 Å². The number of nitrogens with zero attached hydrogens (tertiary/aromatic N) is 2. The van der Waals surface area contributed by atoms with Crippen LogP contribution in [-0.2, 0) is 14.3 Å². The molecule has 8 nitrogen and oxygen atoms in total. The monoisotopic (exact) mass is 463 g/mol. The summed E-state index contributed by atoms with van der Waals surface area (Å²) in [6.07, 6.45) is 0.0709. The molecule has 0 spiro atoms. The van der Waals surface area contributed by atoms with E-state index in [2.05, 4.69) is 10.4 Å². The number of carbonyl (C=O) groups excluding carboxylic acids is 3. The Balaban J connectivity index is 1.45. The number of benzene rings is 2. The Bertz CT molecular complexity index is 1160. The van der Waals surface area contributed by atoms with Crippen LogP contribution in [-0.4, -0.2) is 36.2 Å². The van der Waals surface area contributed by atoms with Crippen LogP contribution >= 0.6 is 11.3 Å². The van der Waals surface area contributed by atoms with Gasteiger partial charge in [0.25, 0.3) is 5.91 Å². The Labute approximate surface area is 194 Å². The zero-order valence-corrected chi connectivity index (χ0v) is 18.6. The molecule has 1 atom stereocenters. The summed E-state index contributed by atoms with van der Waals surface area (Å²) in [5, 5.41) is 10.4. The third-order valence-corrected chi connectivity index (χ3v) is 5.66. The highest BCUT2D eigenvalue weighted by Crippen LogP contribution is 2.27. The molecule has 33 heavy (non-hydrogen) atoms. The summed E-state index contributed by atoms with van der Waals surface area (Å²) < 4.78 is 10.6. The number of thiophene rings is 1. The lowest BCUT2D eigenvalue weighted by atomic mass is 10.1. The number of ether oxygens (including phenoxy) is 2. The van der Waals surface area contributed by atoms with E-state index in [1.165, 1.54) is 16.3 Å². The summed E-state index contributed by atoms with van der Waals surface area (Å²) in [7, 11) is 0. The fourth-order valence-corrected chi connectivity index (χ4v) is 3.86. The molecule has 0 bridgehead atoms. The lowest BCUT2D eigenvalue weighted by Gasteiger charge is -2.21. The first-order chi connectivity index (χ1) is 16.0. The summed E-state index contributed by atoms with van der Waals surface area (Å²) >= 11 is 1.35. The summed E-state index contributed by atoms with van der Waals surface area (Å²) in [5.41, 5.74) is 1.40. The minimum Gasteiger partial charge on any atom is -0.461 e. The molecular weight excluding hydrogens is 442 g/mol. The summed E-state index contributed by atoms with van der Waals surface area (Å²) in [4.78, 5) is 38.0. The molecule has 1 N–H and O–H groups in total. The van der Waals surface area contributed by atoms with Gasteiger partial charge in [-0.25, -0.2) is 9.59 Å². The molecule has 1 unspecified atom stereocenters. The Kier molecular flexibility index (Phi) is 6.80. The number of para-hydroxylation sites is 1. The molecule has 1 aliphatic rings. The van der Waals surface area contributed by atoms with Crippen LogP contribution in [0, 0.1) is 0 Å². The maximum atomic E-state index is 13.0. The zero-order valence-electron chi connectivity index (χ0n) is 17.8. The van der Waals surface area contributed by atoms with E-state index in [0.29, 0.717) is 22.0 Å². The molecule has 2 aromatic carbocycles. The van der Waals surface area contributed by atoms with E-state index < -0.39 is 18.0 Å². The lowest BCUT2D eigenvalue weighted by molar-refractivity contribution is -0.135. The van der Waals surface area contributed by atoms with Gasteiger partial charge >= 0.3 is 11.9 Å². The van der Waals surface area contributed by atoms with E-state index in [1.807, 2.05) is 23.6 Å². The van der Waals surface area contributed by atoms with Gasteiger partial charge in [0.1, 0.15) is 11.5 Å². The van der Waals surface area contributed by atoms with Crippen LogP contribution in [0.25, 0.3) is 0 Å². The van der Waals surface area contributed by atoms with Crippen molar-refractivity contribution in [2.75, 3.05) is 16.9 Å². The highest BCUT2D eigenvalue weighted by Gasteiger charge is 2.38.